The van der Waals surface area contributed by atoms with Gasteiger partial charge in [-0.15, -0.1) is 0 Å². The highest BCUT2D eigenvalue weighted by Gasteiger charge is 2.41. The van der Waals surface area contributed by atoms with Crippen LogP contribution in [0.2, 0.25) is 10.0 Å². The average Bonchev–Trinajstić information content (AvgIpc) is 3.12. The van der Waals surface area contributed by atoms with Crippen molar-refractivity contribution in [1.82, 2.24) is 4.98 Å². The van der Waals surface area contributed by atoms with E-state index in [1.165, 1.54) is 0 Å². The number of hydrogen-bond acceptors (Lipinski definition) is 2. The molecule has 1 fully saturated rings. The molecule has 3 rings (SSSR count). The Hall–Kier alpha value is -1.32. The van der Waals surface area contributed by atoms with E-state index in [0.717, 1.165) is 18.5 Å². The molecular formula is C14H11Cl2NO2. The monoisotopic (exact) mass is 295 g/mol. The molecule has 0 spiro atoms. The third-order valence-corrected chi connectivity index (χ3v) is 4.52. The van der Waals surface area contributed by atoms with Gasteiger partial charge in [-0.05, 0) is 25.0 Å². The van der Waals surface area contributed by atoms with Crippen LogP contribution in [0.1, 0.15) is 35.8 Å². The third-order valence-electron chi connectivity index (χ3n) is 3.72. The van der Waals surface area contributed by atoms with Crippen LogP contribution in [0.5, 0.6) is 0 Å². The van der Waals surface area contributed by atoms with Gasteiger partial charge in [0, 0.05) is 16.5 Å². The summed E-state index contributed by atoms with van der Waals surface area (Å²) in [5.41, 5.74) is 1.45. The molecule has 0 unspecified atom stereocenters. The largest absolute Gasteiger partial charge is 0.478 e. The molecule has 0 atom stereocenters. The van der Waals surface area contributed by atoms with E-state index < -0.39 is 5.97 Å². The van der Waals surface area contributed by atoms with Gasteiger partial charge in [-0.1, -0.05) is 36.2 Å². The first-order valence-corrected chi connectivity index (χ1v) is 6.70. The number of nitrogens with zero attached hydrogens (tertiary/aromatic N) is 1. The molecule has 19 heavy (non-hydrogen) atoms. The fraction of sp³-hybridized carbons (Fsp3) is 0.286. The maximum absolute atomic E-state index is 11.4. The predicted molar refractivity (Wildman–Crippen MR) is 75.3 cm³/mol. The minimum atomic E-state index is -0.976. The second-order valence-corrected chi connectivity index (χ2v) is 5.96. The number of aromatic nitrogens is 1. The normalized spacial score (nSPS) is 16.6. The Bertz CT molecular complexity index is 708. The second-order valence-electron chi connectivity index (χ2n) is 5.18. The zero-order chi connectivity index (χ0) is 13.8. The van der Waals surface area contributed by atoms with Crippen molar-refractivity contribution in [3.63, 3.8) is 0 Å². The van der Waals surface area contributed by atoms with Crippen molar-refractivity contribution < 1.29 is 9.90 Å². The summed E-state index contributed by atoms with van der Waals surface area (Å²) >= 11 is 12.1. The Morgan fingerprint density at radius 2 is 2.05 bits per heavy atom. The Kier molecular flexibility index (Phi) is 2.73. The number of benzene rings is 1. The second kappa shape index (κ2) is 4.09. The zero-order valence-electron chi connectivity index (χ0n) is 10.2. The number of carboxylic acid groups (broad SMARTS) is 1. The molecule has 0 aliphatic heterocycles. The van der Waals surface area contributed by atoms with E-state index >= 15 is 0 Å². The van der Waals surface area contributed by atoms with Crippen molar-refractivity contribution in [1.29, 1.82) is 0 Å². The Balaban J connectivity index is 2.38. The standard InChI is InChI=1S/C14H11Cl2NO2/c1-14(4-5-14)10-6-8(13(18)19)7-2-3-9(15)11(16)12(7)17-10/h2-3,6H,4-5H2,1H3,(H,18,19). The number of hydrogen-bond donors (Lipinski definition) is 1. The molecule has 0 bridgehead atoms. The Labute approximate surface area is 120 Å². The summed E-state index contributed by atoms with van der Waals surface area (Å²) in [6.07, 6.45) is 2.03. The zero-order valence-corrected chi connectivity index (χ0v) is 11.7. The topological polar surface area (TPSA) is 50.2 Å². The van der Waals surface area contributed by atoms with Gasteiger partial charge in [0.1, 0.15) is 0 Å². The van der Waals surface area contributed by atoms with Crippen LogP contribution in [-0.2, 0) is 5.41 Å². The van der Waals surface area contributed by atoms with Crippen molar-refractivity contribution >= 4 is 40.1 Å². The number of carbonyl (C=O) groups is 1. The van der Waals surface area contributed by atoms with Crippen molar-refractivity contribution in [3.05, 3.63) is 39.5 Å². The van der Waals surface area contributed by atoms with Gasteiger partial charge in [0.25, 0.3) is 0 Å². The lowest BCUT2D eigenvalue weighted by Gasteiger charge is -2.12. The van der Waals surface area contributed by atoms with Crippen LogP contribution in [0.25, 0.3) is 10.9 Å². The molecule has 98 valence electrons. The number of halogens is 2. The van der Waals surface area contributed by atoms with E-state index in [1.54, 1.807) is 18.2 Å². The molecule has 5 heteroatoms. The minimum absolute atomic E-state index is 0.0238. The molecule has 1 N–H and O–H groups in total. The molecule has 0 amide bonds. The van der Waals surface area contributed by atoms with Crippen molar-refractivity contribution in [2.75, 3.05) is 0 Å². The maximum atomic E-state index is 11.4. The molecule has 1 saturated carbocycles. The Morgan fingerprint density at radius 1 is 1.37 bits per heavy atom. The molecular weight excluding hydrogens is 285 g/mol. The summed E-state index contributed by atoms with van der Waals surface area (Å²) in [6, 6.07) is 4.90. The maximum Gasteiger partial charge on any atom is 0.336 e. The van der Waals surface area contributed by atoms with E-state index in [4.69, 9.17) is 23.2 Å². The highest BCUT2D eigenvalue weighted by molar-refractivity contribution is 6.45. The summed E-state index contributed by atoms with van der Waals surface area (Å²) in [5.74, 6) is -0.976. The van der Waals surface area contributed by atoms with Crippen LogP contribution >= 0.6 is 23.2 Å². The molecule has 1 aromatic heterocycles. The van der Waals surface area contributed by atoms with Gasteiger partial charge < -0.3 is 5.11 Å². The van der Waals surface area contributed by atoms with Crippen molar-refractivity contribution in [2.45, 2.75) is 25.2 Å². The number of pyridine rings is 1. The van der Waals surface area contributed by atoms with Gasteiger partial charge in [0.05, 0.1) is 21.1 Å². The fourth-order valence-electron chi connectivity index (χ4n) is 2.16. The van der Waals surface area contributed by atoms with Crippen LogP contribution in [0, 0.1) is 0 Å². The average molecular weight is 296 g/mol. The van der Waals surface area contributed by atoms with Crippen molar-refractivity contribution in [2.24, 2.45) is 0 Å². The van der Waals surface area contributed by atoms with E-state index in [2.05, 4.69) is 11.9 Å². The summed E-state index contributed by atoms with van der Waals surface area (Å²) in [5, 5.41) is 10.6. The summed E-state index contributed by atoms with van der Waals surface area (Å²) in [7, 11) is 0. The lowest BCUT2D eigenvalue weighted by molar-refractivity contribution is 0.0699. The molecule has 1 aliphatic rings. The van der Waals surface area contributed by atoms with Gasteiger partial charge in [0.2, 0.25) is 0 Å². The molecule has 1 aliphatic carbocycles. The molecule has 3 nitrogen and oxygen atoms in total. The highest BCUT2D eigenvalue weighted by atomic mass is 35.5. The van der Waals surface area contributed by atoms with E-state index in [1.807, 2.05) is 0 Å². The van der Waals surface area contributed by atoms with Crippen LogP contribution in [0.4, 0.5) is 0 Å². The molecule has 1 heterocycles. The number of carboxylic acids is 1. The fourth-order valence-corrected chi connectivity index (χ4v) is 2.52. The lowest BCUT2D eigenvalue weighted by Crippen LogP contribution is -2.08. The van der Waals surface area contributed by atoms with Gasteiger partial charge in [0.15, 0.2) is 0 Å². The predicted octanol–water partition coefficient (Wildman–Crippen LogP) is 4.29. The SMILES string of the molecule is CC1(c2cc(C(=O)O)c3ccc(Cl)c(Cl)c3n2)CC1. The highest BCUT2D eigenvalue weighted by Crippen LogP contribution is 2.48. The molecule has 1 aromatic carbocycles. The number of rotatable bonds is 2. The first kappa shape index (κ1) is 12.7. The van der Waals surface area contributed by atoms with E-state index in [0.29, 0.717) is 20.9 Å². The molecule has 2 aromatic rings. The van der Waals surface area contributed by atoms with Crippen LogP contribution in [-0.4, -0.2) is 16.1 Å². The van der Waals surface area contributed by atoms with Gasteiger partial charge >= 0.3 is 5.97 Å². The lowest BCUT2D eigenvalue weighted by atomic mass is 10.00. The third kappa shape index (κ3) is 1.97. The van der Waals surface area contributed by atoms with Gasteiger partial charge in [-0.25, -0.2) is 4.79 Å². The minimum Gasteiger partial charge on any atom is -0.478 e. The first-order chi connectivity index (χ1) is 8.92. The summed E-state index contributed by atoms with van der Waals surface area (Å²) < 4.78 is 0. The first-order valence-electron chi connectivity index (χ1n) is 5.95. The van der Waals surface area contributed by atoms with Crippen LogP contribution in [0.15, 0.2) is 18.2 Å². The number of aromatic carboxylic acids is 1. The quantitative estimate of drug-likeness (QED) is 0.899. The van der Waals surface area contributed by atoms with Gasteiger partial charge in [-0.2, -0.15) is 0 Å². The Morgan fingerprint density at radius 3 is 2.63 bits per heavy atom. The van der Waals surface area contributed by atoms with Crippen LogP contribution in [0.3, 0.4) is 0 Å². The van der Waals surface area contributed by atoms with Crippen molar-refractivity contribution in [3.8, 4) is 0 Å². The molecule has 0 radical (unpaired) electrons. The van der Waals surface area contributed by atoms with E-state index in [-0.39, 0.29) is 11.0 Å². The van der Waals surface area contributed by atoms with E-state index in [9.17, 15) is 9.90 Å². The number of fused-ring (bicyclic) bond motifs is 1. The summed E-state index contributed by atoms with van der Waals surface area (Å²) in [6.45, 7) is 2.07. The van der Waals surface area contributed by atoms with Gasteiger partial charge in [-0.3, -0.25) is 4.98 Å². The summed E-state index contributed by atoms with van der Waals surface area (Å²) in [4.78, 5) is 15.9. The smallest absolute Gasteiger partial charge is 0.336 e. The van der Waals surface area contributed by atoms with Crippen LogP contribution < -0.4 is 0 Å². The molecule has 0 saturated heterocycles.